The van der Waals surface area contributed by atoms with Crippen LogP contribution in [0.4, 0.5) is 5.69 Å². The summed E-state index contributed by atoms with van der Waals surface area (Å²) in [6.07, 6.45) is 0. The molecular weight excluding hydrogens is 416 g/mol. The molecule has 5 heteroatoms. The summed E-state index contributed by atoms with van der Waals surface area (Å²) in [5.41, 5.74) is 1.88. The van der Waals surface area contributed by atoms with E-state index in [4.69, 9.17) is 4.74 Å². The van der Waals surface area contributed by atoms with Gasteiger partial charge in [0.1, 0.15) is 5.75 Å². The van der Waals surface area contributed by atoms with Crippen LogP contribution >= 0.6 is 15.9 Å². The number of piperazine rings is 1. The van der Waals surface area contributed by atoms with Gasteiger partial charge in [-0.15, -0.1) is 0 Å². The SMILES string of the molecule is CN1CCN(c2cccc3c(Br)cc(OCC(=O)c4ccccc4)cc23)CC1. The predicted octanol–water partition coefficient (Wildman–Crippen LogP) is 4.62. The monoisotopic (exact) mass is 438 g/mol. The van der Waals surface area contributed by atoms with Crippen LogP contribution in [0, 0.1) is 0 Å². The van der Waals surface area contributed by atoms with E-state index in [9.17, 15) is 4.79 Å². The van der Waals surface area contributed by atoms with Crippen molar-refractivity contribution in [3.63, 3.8) is 0 Å². The quantitative estimate of drug-likeness (QED) is 0.544. The third-order valence-corrected chi connectivity index (χ3v) is 5.86. The van der Waals surface area contributed by atoms with E-state index < -0.39 is 0 Å². The highest BCUT2D eigenvalue weighted by Gasteiger charge is 2.17. The lowest BCUT2D eigenvalue weighted by atomic mass is 10.1. The lowest BCUT2D eigenvalue weighted by molar-refractivity contribution is 0.0921. The number of nitrogens with zero attached hydrogens (tertiary/aromatic N) is 2. The largest absolute Gasteiger partial charge is 0.485 e. The summed E-state index contributed by atoms with van der Waals surface area (Å²) >= 11 is 3.68. The highest BCUT2D eigenvalue weighted by molar-refractivity contribution is 9.10. The number of hydrogen-bond acceptors (Lipinski definition) is 4. The summed E-state index contributed by atoms with van der Waals surface area (Å²) in [5.74, 6) is 0.675. The molecule has 0 aliphatic carbocycles. The molecule has 1 heterocycles. The van der Waals surface area contributed by atoms with Gasteiger partial charge in [-0.3, -0.25) is 4.79 Å². The fraction of sp³-hybridized carbons (Fsp3) is 0.261. The van der Waals surface area contributed by atoms with Crippen LogP contribution < -0.4 is 9.64 Å². The molecular formula is C23H23BrN2O2. The number of carbonyl (C=O) groups excluding carboxylic acids is 1. The molecule has 1 fully saturated rings. The first-order valence-electron chi connectivity index (χ1n) is 9.48. The van der Waals surface area contributed by atoms with Gasteiger partial charge in [-0.1, -0.05) is 58.4 Å². The van der Waals surface area contributed by atoms with Crippen LogP contribution in [0.5, 0.6) is 5.75 Å². The summed E-state index contributed by atoms with van der Waals surface area (Å²) in [7, 11) is 2.16. The average Bonchev–Trinajstić information content (AvgIpc) is 2.73. The van der Waals surface area contributed by atoms with Crippen LogP contribution in [0.1, 0.15) is 10.4 Å². The molecule has 0 unspecified atom stereocenters. The van der Waals surface area contributed by atoms with Crippen LogP contribution in [-0.4, -0.2) is 50.5 Å². The normalized spacial score (nSPS) is 15.0. The Morgan fingerprint density at radius 3 is 2.46 bits per heavy atom. The zero-order valence-corrected chi connectivity index (χ0v) is 17.5. The molecule has 0 atom stereocenters. The third-order valence-electron chi connectivity index (χ3n) is 5.21. The van der Waals surface area contributed by atoms with E-state index in [0.29, 0.717) is 11.3 Å². The second-order valence-electron chi connectivity index (χ2n) is 7.15. The zero-order chi connectivity index (χ0) is 19.5. The smallest absolute Gasteiger partial charge is 0.200 e. The van der Waals surface area contributed by atoms with Gasteiger partial charge in [0.15, 0.2) is 12.4 Å². The summed E-state index contributed by atoms with van der Waals surface area (Å²) < 4.78 is 6.84. The Bertz CT molecular complexity index is 983. The molecule has 144 valence electrons. The number of hydrogen-bond donors (Lipinski definition) is 0. The molecule has 0 aromatic heterocycles. The maximum absolute atomic E-state index is 12.4. The molecule has 1 aliphatic rings. The van der Waals surface area contributed by atoms with Crippen LogP contribution in [-0.2, 0) is 0 Å². The van der Waals surface area contributed by atoms with E-state index in [1.165, 1.54) is 5.69 Å². The number of halogens is 1. The van der Waals surface area contributed by atoms with Gasteiger partial charge in [0.25, 0.3) is 0 Å². The minimum Gasteiger partial charge on any atom is -0.485 e. The number of benzene rings is 3. The number of carbonyl (C=O) groups is 1. The molecule has 3 aromatic rings. The van der Waals surface area contributed by atoms with Gasteiger partial charge in [-0.25, -0.2) is 0 Å². The van der Waals surface area contributed by atoms with Gasteiger partial charge in [0.05, 0.1) is 0 Å². The number of rotatable bonds is 5. The Morgan fingerprint density at radius 2 is 1.71 bits per heavy atom. The third kappa shape index (κ3) is 4.05. The number of fused-ring (bicyclic) bond motifs is 1. The van der Waals surface area contributed by atoms with Crippen molar-refractivity contribution in [3.8, 4) is 5.75 Å². The standard InChI is InChI=1S/C23H23BrN2O2/c1-25-10-12-26(13-11-25)22-9-5-8-19-20(22)14-18(15-21(19)24)28-16-23(27)17-6-3-2-4-7-17/h2-9,14-15H,10-13,16H2,1H3. The Hall–Kier alpha value is -2.37. The molecule has 0 N–H and O–H groups in total. The van der Waals surface area contributed by atoms with Crippen molar-refractivity contribution in [1.82, 2.24) is 4.90 Å². The van der Waals surface area contributed by atoms with E-state index >= 15 is 0 Å². The molecule has 4 nitrogen and oxygen atoms in total. The Labute approximate surface area is 173 Å². The highest BCUT2D eigenvalue weighted by atomic mass is 79.9. The second kappa shape index (κ2) is 8.33. The summed E-state index contributed by atoms with van der Waals surface area (Å²) in [5, 5.41) is 2.29. The molecule has 0 saturated carbocycles. The Morgan fingerprint density at radius 1 is 0.964 bits per heavy atom. The van der Waals surface area contributed by atoms with Crippen molar-refractivity contribution in [2.45, 2.75) is 0 Å². The van der Waals surface area contributed by atoms with Crippen molar-refractivity contribution in [3.05, 3.63) is 70.7 Å². The number of ketones is 1. The molecule has 3 aromatic carbocycles. The number of Topliss-reactive ketones (excluding diaryl/α,β-unsaturated/α-hetero) is 1. The lowest BCUT2D eigenvalue weighted by Crippen LogP contribution is -2.44. The van der Waals surface area contributed by atoms with Crippen molar-refractivity contribution < 1.29 is 9.53 Å². The summed E-state index contributed by atoms with van der Waals surface area (Å²) in [6.45, 7) is 4.15. The summed E-state index contributed by atoms with van der Waals surface area (Å²) in [4.78, 5) is 17.1. The fourth-order valence-corrected chi connectivity index (χ4v) is 4.13. The number of likely N-dealkylation sites (N-methyl/N-ethyl adjacent to an activating group) is 1. The Kier molecular flexibility index (Phi) is 5.64. The van der Waals surface area contributed by atoms with Gasteiger partial charge in [0, 0.05) is 47.3 Å². The molecule has 1 saturated heterocycles. The first kappa shape index (κ1) is 19.0. The van der Waals surface area contributed by atoms with Gasteiger partial charge in [-0.05, 0) is 30.6 Å². The first-order chi connectivity index (χ1) is 13.6. The molecule has 0 radical (unpaired) electrons. The maximum atomic E-state index is 12.4. The van der Waals surface area contributed by atoms with Crippen LogP contribution in [0.25, 0.3) is 10.8 Å². The van der Waals surface area contributed by atoms with Crippen LogP contribution in [0.3, 0.4) is 0 Å². The second-order valence-corrected chi connectivity index (χ2v) is 8.00. The number of anilines is 1. The molecule has 0 amide bonds. The van der Waals surface area contributed by atoms with Crippen molar-refractivity contribution in [1.29, 1.82) is 0 Å². The van der Waals surface area contributed by atoms with Crippen molar-refractivity contribution in [2.75, 3.05) is 44.7 Å². The zero-order valence-electron chi connectivity index (χ0n) is 15.9. The Balaban J connectivity index is 1.59. The fourth-order valence-electron chi connectivity index (χ4n) is 3.56. The van der Waals surface area contributed by atoms with Gasteiger partial charge < -0.3 is 14.5 Å². The molecule has 1 aliphatic heterocycles. The van der Waals surface area contributed by atoms with E-state index in [1.807, 2.05) is 42.5 Å². The maximum Gasteiger partial charge on any atom is 0.200 e. The molecule has 28 heavy (non-hydrogen) atoms. The summed E-state index contributed by atoms with van der Waals surface area (Å²) in [6, 6.07) is 19.6. The first-order valence-corrected chi connectivity index (χ1v) is 10.3. The lowest BCUT2D eigenvalue weighted by Gasteiger charge is -2.34. The van der Waals surface area contributed by atoms with E-state index in [0.717, 1.165) is 41.4 Å². The molecule has 0 bridgehead atoms. The van der Waals surface area contributed by atoms with Gasteiger partial charge in [-0.2, -0.15) is 0 Å². The van der Waals surface area contributed by atoms with E-state index in [1.54, 1.807) is 0 Å². The number of ether oxygens (including phenoxy) is 1. The predicted molar refractivity (Wildman–Crippen MR) is 118 cm³/mol. The average molecular weight is 439 g/mol. The molecule has 0 spiro atoms. The van der Waals surface area contributed by atoms with Crippen LogP contribution in [0.15, 0.2) is 65.1 Å². The van der Waals surface area contributed by atoms with Crippen molar-refractivity contribution in [2.24, 2.45) is 0 Å². The minimum absolute atomic E-state index is 0.0239. The highest BCUT2D eigenvalue weighted by Crippen LogP contribution is 2.35. The molecule has 4 rings (SSSR count). The van der Waals surface area contributed by atoms with Crippen molar-refractivity contribution >= 4 is 38.2 Å². The minimum atomic E-state index is -0.0239. The van der Waals surface area contributed by atoms with Crippen LogP contribution in [0.2, 0.25) is 0 Å². The van der Waals surface area contributed by atoms with Gasteiger partial charge >= 0.3 is 0 Å². The van der Waals surface area contributed by atoms with E-state index in [2.05, 4.69) is 51.0 Å². The van der Waals surface area contributed by atoms with Gasteiger partial charge in [0.2, 0.25) is 0 Å². The topological polar surface area (TPSA) is 32.8 Å². The van der Waals surface area contributed by atoms with E-state index in [-0.39, 0.29) is 12.4 Å².